The van der Waals surface area contributed by atoms with Gasteiger partial charge in [0.1, 0.15) is 12.6 Å². The molecule has 3 aromatic rings. The number of phenolic OH excluding ortho intramolecular Hbond substituents is 2. The van der Waals surface area contributed by atoms with E-state index in [1.54, 1.807) is 24.0 Å². The van der Waals surface area contributed by atoms with E-state index in [2.05, 4.69) is 4.98 Å². The average Bonchev–Trinajstić information content (AvgIpc) is 3.10. The Morgan fingerprint density at radius 3 is 2.47 bits per heavy atom. The smallest absolute Gasteiger partial charge is 0.332 e. The highest BCUT2D eigenvalue weighted by molar-refractivity contribution is 5.69. The number of rotatable bonds is 7. The monoisotopic (exact) mass is 439 g/mol. The van der Waals surface area contributed by atoms with E-state index in [1.807, 2.05) is 12.2 Å². The molecule has 0 saturated heterocycles. The molecule has 0 aliphatic carbocycles. The number of halogens is 1. The van der Waals surface area contributed by atoms with Gasteiger partial charge in [-0.3, -0.25) is 13.9 Å². The van der Waals surface area contributed by atoms with Crippen LogP contribution >= 0.6 is 0 Å². The lowest BCUT2D eigenvalue weighted by Gasteiger charge is -2.15. The standard InChI is InChI=1S/C19H25N5O5.ClH/c1-11(7-20-8-15(27)12-4-5-13(25)14(26)6-12)9-24-10-21-17-16(24)18(28)23(3)19(29)22(17)2;/h4-6,10-11,15,20,25-27H,7-9H2,1-3H3;1H. The van der Waals surface area contributed by atoms with Crippen LogP contribution in [0, 0.1) is 5.92 Å². The van der Waals surface area contributed by atoms with Crippen molar-refractivity contribution in [1.82, 2.24) is 18.7 Å². The molecule has 164 valence electrons. The lowest BCUT2D eigenvalue weighted by Crippen LogP contribution is -3.00. The summed E-state index contributed by atoms with van der Waals surface area (Å²) in [5, 5.41) is 31.1. The fourth-order valence-electron chi connectivity index (χ4n) is 3.37. The Kier molecular flexibility index (Phi) is 7.30. The number of aryl methyl sites for hydroxylation is 1. The Labute approximate surface area is 178 Å². The number of nitrogens with zero attached hydrogens (tertiary/aromatic N) is 4. The van der Waals surface area contributed by atoms with E-state index in [1.165, 1.54) is 23.7 Å². The summed E-state index contributed by atoms with van der Waals surface area (Å²) in [4.78, 5) is 28.7. The van der Waals surface area contributed by atoms with Crippen molar-refractivity contribution in [3.63, 3.8) is 0 Å². The molecule has 2 atom stereocenters. The number of imidazole rings is 1. The second-order valence-corrected chi connectivity index (χ2v) is 7.40. The summed E-state index contributed by atoms with van der Waals surface area (Å²) in [6.45, 7) is 3.63. The maximum Gasteiger partial charge on any atom is 0.332 e. The number of aromatic nitrogens is 4. The van der Waals surface area contributed by atoms with Crippen LogP contribution in [0.4, 0.5) is 0 Å². The molecule has 3 rings (SSSR count). The number of nitrogens with two attached hydrogens (primary N) is 1. The Morgan fingerprint density at radius 1 is 1.10 bits per heavy atom. The largest absolute Gasteiger partial charge is 1.00 e. The molecule has 0 aliphatic heterocycles. The average molecular weight is 440 g/mol. The highest BCUT2D eigenvalue weighted by atomic mass is 35.5. The molecule has 0 spiro atoms. The van der Waals surface area contributed by atoms with Crippen molar-refractivity contribution in [2.24, 2.45) is 20.0 Å². The van der Waals surface area contributed by atoms with E-state index in [0.29, 0.717) is 36.4 Å². The third-order valence-electron chi connectivity index (χ3n) is 5.07. The summed E-state index contributed by atoms with van der Waals surface area (Å²) >= 11 is 0. The van der Waals surface area contributed by atoms with E-state index in [4.69, 9.17) is 0 Å². The zero-order chi connectivity index (χ0) is 21.3. The summed E-state index contributed by atoms with van der Waals surface area (Å²) < 4.78 is 4.18. The molecular weight excluding hydrogens is 414 g/mol. The summed E-state index contributed by atoms with van der Waals surface area (Å²) in [6.07, 6.45) is 0.778. The maximum atomic E-state index is 12.5. The first-order valence-corrected chi connectivity index (χ1v) is 9.33. The number of hydrogen-bond acceptors (Lipinski definition) is 6. The zero-order valence-corrected chi connectivity index (χ0v) is 17.7. The summed E-state index contributed by atoms with van der Waals surface area (Å²) in [7, 11) is 3.03. The molecule has 10 nitrogen and oxygen atoms in total. The van der Waals surface area contributed by atoms with Crippen LogP contribution in [-0.4, -0.2) is 47.1 Å². The fraction of sp³-hybridized carbons (Fsp3) is 0.421. The van der Waals surface area contributed by atoms with Crippen molar-refractivity contribution in [3.05, 3.63) is 50.9 Å². The predicted octanol–water partition coefficient (Wildman–Crippen LogP) is -4.22. The van der Waals surface area contributed by atoms with Crippen LogP contribution in [0.15, 0.2) is 34.1 Å². The normalized spacial score (nSPS) is 13.2. The van der Waals surface area contributed by atoms with Crippen molar-refractivity contribution in [2.75, 3.05) is 13.1 Å². The number of benzene rings is 1. The first-order chi connectivity index (χ1) is 13.7. The van der Waals surface area contributed by atoms with Gasteiger partial charge in [0.2, 0.25) is 0 Å². The van der Waals surface area contributed by atoms with Gasteiger partial charge < -0.3 is 37.6 Å². The Bertz CT molecular complexity index is 1150. The lowest BCUT2D eigenvalue weighted by atomic mass is 10.1. The van der Waals surface area contributed by atoms with Crippen LogP contribution in [0.3, 0.4) is 0 Å². The minimum absolute atomic E-state index is 0. The van der Waals surface area contributed by atoms with Crippen molar-refractivity contribution in [1.29, 1.82) is 0 Å². The first kappa shape index (κ1) is 23.5. The van der Waals surface area contributed by atoms with Crippen molar-refractivity contribution in [2.45, 2.75) is 19.6 Å². The van der Waals surface area contributed by atoms with E-state index in [9.17, 15) is 24.9 Å². The van der Waals surface area contributed by atoms with Crippen molar-refractivity contribution < 1.29 is 33.0 Å². The van der Waals surface area contributed by atoms with Gasteiger partial charge in [0.25, 0.3) is 5.56 Å². The van der Waals surface area contributed by atoms with Crippen molar-refractivity contribution in [3.8, 4) is 11.5 Å². The van der Waals surface area contributed by atoms with Gasteiger partial charge >= 0.3 is 5.69 Å². The van der Waals surface area contributed by atoms with Crippen LogP contribution in [0.2, 0.25) is 0 Å². The zero-order valence-electron chi connectivity index (χ0n) is 17.0. The quantitative estimate of drug-likeness (QED) is 0.275. The SMILES string of the molecule is CC(C[NH2+]CC(O)c1ccc(O)c(O)c1)Cn1cnc2c1c(=O)n(C)c(=O)n2C.[Cl-]. The topological polar surface area (TPSA) is 139 Å². The third kappa shape index (κ3) is 4.50. The Hall–Kier alpha value is -2.82. The van der Waals surface area contributed by atoms with E-state index < -0.39 is 11.8 Å². The molecule has 30 heavy (non-hydrogen) atoms. The van der Waals surface area contributed by atoms with Gasteiger partial charge in [0.05, 0.1) is 12.9 Å². The molecule has 0 radical (unpaired) electrons. The molecule has 2 aromatic heterocycles. The highest BCUT2D eigenvalue weighted by Crippen LogP contribution is 2.27. The molecular formula is C19H26ClN5O5. The molecule has 0 amide bonds. The van der Waals surface area contributed by atoms with Gasteiger partial charge in [0, 0.05) is 26.6 Å². The molecule has 5 N–H and O–H groups in total. The predicted molar refractivity (Wildman–Crippen MR) is 106 cm³/mol. The molecule has 2 unspecified atom stereocenters. The van der Waals surface area contributed by atoms with E-state index in [-0.39, 0.29) is 35.4 Å². The Balaban J connectivity index is 0.00000320. The van der Waals surface area contributed by atoms with Crippen LogP contribution < -0.4 is 29.0 Å². The van der Waals surface area contributed by atoms with Crippen LogP contribution in [0.5, 0.6) is 11.5 Å². The minimum atomic E-state index is -0.787. The molecule has 0 aliphatic rings. The second-order valence-electron chi connectivity index (χ2n) is 7.40. The van der Waals surface area contributed by atoms with Crippen LogP contribution in [-0.2, 0) is 20.6 Å². The maximum absolute atomic E-state index is 12.5. The number of aliphatic hydroxyl groups is 1. The van der Waals surface area contributed by atoms with Crippen LogP contribution in [0.1, 0.15) is 18.6 Å². The summed E-state index contributed by atoms with van der Waals surface area (Å²) in [5.74, 6) is -0.331. The molecule has 0 saturated carbocycles. The summed E-state index contributed by atoms with van der Waals surface area (Å²) in [6, 6.07) is 4.25. The van der Waals surface area contributed by atoms with E-state index in [0.717, 1.165) is 4.57 Å². The summed E-state index contributed by atoms with van der Waals surface area (Å²) in [5.41, 5.74) is 0.481. The number of hydrogen-bond donors (Lipinski definition) is 4. The van der Waals surface area contributed by atoms with Gasteiger partial charge in [-0.1, -0.05) is 13.0 Å². The van der Waals surface area contributed by atoms with Gasteiger partial charge in [-0.25, -0.2) is 9.78 Å². The van der Waals surface area contributed by atoms with Gasteiger partial charge in [-0.05, 0) is 17.7 Å². The molecule has 2 heterocycles. The second kappa shape index (κ2) is 9.33. The van der Waals surface area contributed by atoms with Gasteiger partial charge in [-0.15, -0.1) is 0 Å². The Morgan fingerprint density at radius 2 is 1.80 bits per heavy atom. The third-order valence-corrected chi connectivity index (χ3v) is 5.07. The van der Waals surface area contributed by atoms with Gasteiger partial charge in [-0.2, -0.15) is 0 Å². The minimum Gasteiger partial charge on any atom is -1.00 e. The van der Waals surface area contributed by atoms with Crippen LogP contribution in [0.25, 0.3) is 11.2 Å². The number of phenols is 2. The van der Waals surface area contributed by atoms with Crippen molar-refractivity contribution >= 4 is 11.2 Å². The van der Waals surface area contributed by atoms with E-state index >= 15 is 0 Å². The molecule has 11 heteroatoms. The van der Waals surface area contributed by atoms with Gasteiger partial charge in [0.15, 0.2) is 22.7 Å². The molecule has 0 fully saturated rings. The number of quaternary nitrogens is 1. The molecule has 1 aromatic carbocycles. The lowest BCUT2D eigenvalue weighted by molar-refractivity contribution is -0.667. The highest BCUT2D eigenvalue weighted by Gasteiger charge is 2.17. The fourth-order valence-corrected chi connectivity index (χ4v) is 3.37. The number of aliphatic hydroxyl groups excluding tert-OH is 1. The molecule has 0 bridgehead atoms. The number of fused-ring (bicyclic) bond motifs is 1. The first-order valence-electron chi connectivity index (χ1n) is 9.33. The number of aromatic hydroxyl groups is 2.